The van der Waals surface area contributed by atoms with Gasteiger partial charge in [-0.3, -0.25) is 9.48 Å². The van der Waals surface area contributed by atoms with Crippen molar-refractivity contribution in [2.75, 3.05) is 11.9 Å². The lowest BCUT2D eigenvalue weighted by molar-refractivity contribution is -0.114. The van der Waals surface area contributed by atoms with Gasteiger partial charge < -0.3 is 5.32 Å². The number of halogens is 3. The van der Waals surface area contributed by atoms with Crippen molar-refractivity contribution in [3.05, 3.63) is 54.1 Å². The zero-order valence-electron chi connectivity index (χ0n) is 15.6. The van der Waals surface area contributed by atoms with Gasteiger partial charge >= 0.3 is 0 Å². The third kappa shape index (κ3) is 3.86. The quantitative estimate of drug-likeness (QED) is 0.677. The van der Waals surface area contributed by atoms with Crippen LogP contribution in [-0.2, 0) is 17.9 Å². The first-order chi connectivity index (χ1) is 13.9. The summed E-state index contributed by atoms with van der Waals surface area (Å²) >= 11 is 0. The first kappa shape index (κ1) is 19.1. The number of hydrogen-bond donors (Lipinski definition) is 1. The third-order valence-corrected chi connectivity index (χ3v) is 4.76. The first-order valence-corrected chi connectivity index (χ1v) is 9.04. The Labute approximate surface area is 165 Å². The van der Waals surface area contributed by atoms with Crippen molar-refractivity contribution in [2.24, 2.45) is 0 Å². The molecule has 4 rings (SSSR count). The maximum atomic E-state index is 13.4. The summed E-state index contributed by atoms with van der Waals surface area (Å²) < 4.78 is 41.8. The molecule has 1 aromatic carbocycles. The second-order valence-corrected chi connectivity index (χ2v) is 6.76. The van der Waals surface area contributed by atoms with E-state index >= 15 is 0 Å². The van der Waals surface area contributed by atoms with Gasteiger partial charge in [-0.05, 0) is 42.0 Å². The second-order valence-electron chi connectivity index (χ2n) is 6.76. The van der Waals surface area contributed by atoms with Crippen LogP contribution in [0.3, 0.4) is 0 Å². The first-order valence-electron chi connectivity index (χ1n) is 9.04. The molecular weight excluding hydrogens is 383 g/mol. The van der Waals surface area contributed by atoms with E-state index in [1.54, 1.807) is 28.9 Å². The molecule has 3 aromatic rings. The smallest absolute Gasteiger partial charge is 0.295 e. The van der Waals surface area contributed by atoms with Crippen LogP contribution in [-0.4, -0.2) is 38.7 Å². The summed E-state index contributed by atoms with van der Waals surface area (Å²) in [5.74, 6) is -0.296. The highest BCUT2D eigenvalue weighted by atomic mass is 19.3. The summed E-state index contributed by atoms with van der Waals surface area (Å²) in [6.07, 6.45) is 1.53. The minimum Gasteiger partial charge on any atom is -0.311 e. The van der Waals surface area contributed by atoms with Crippen LogP contribution in [0.15, 0.2) is 42.6 Å². The highest BCUT2D eigenvalue weighted by Crippen LogP contribution is 2.37. The molecule has 1 amide bonds. The molecule has 2 aromatic heterocycles. The number of carbonyl (C=O) groups is 1. The van der Waals surface area contributed by atoms with Gasteiger partial charge in [0.25, 0.3) is 6.55 Å². The second kappa shape index (κ2) is 7.67. The standard InChI is InChI=1S/C20H18F3N5O/c1-12(29)25-17-10-14(6-7-24-17)18-16-11-27(20(22)23)8-9-28(16)26-19(18)13-2-4-15(21)5-3-13/h2-7,10,20H,8-9,11H2,1H3,(H,24,25,29). The van der Waals surface area contributed by atoms with Crippen molar-refractivity contribution in [2.45, 2.75) is 26.6 Å². The average Bonchev–Trinajstić information content (AvgIpc) is 3.06. The number of rotatable bonds is 4. The largest absolute Gasteiger partial charge is 0.311 e. The lowest BCUT2D eigenvalue weighted by Gasteiger charge is -2.27. The van der Waals surface area contributed by atoms with Crippen molar-refractivity contribution in [3.8, 4) is 22.4 Å². The Kier molecular flexibility index (Phi) is 5.06. The minimum atomic E-state index is -2.58. The van der Waals surface area contributed by atoms with E-state index in [9.17, 15) is 18.0 Å². The van der Waals surface area contributed by atoms with E-state index in [2.05, 4.69) is 15.4 Å². The number of hydrogen-bond acceptors (Lipinski definition) is 4. The third-order valence-electron chi connectivity index (χ3n) is 4.76. The molecule has 1 aliphatic heterocycles. The fourth-order valence-electron chi connectivity index (χ4n) is 3.45. The normalized spacial score (nSPS) is 14.1. The predicted molar refractivity (Wildman–Crippen MR) is 102 cm³/mol. The number of nitrogens with one attached hydrogen (secondary N) is 1. The Morgan fingerprint density at radius 1 is 1.14 bits per heavy atom. The Morgan fingerprint density at radius 2 is 1.90 bits per heavy atom. The number of benzene rings is 1. The summed E-state index contributed by atoms with van der Waals surface area (Å²) in [5.41, 5.74) is 3.22. The summed E-state index contributed by atoms with van der Waals surface area (Å²) in [6.45, 7) is -0.674. The van der Waals surface area contributed by atoms with Gasteiger partial charge in [0.2, 0.25) is 5.91 Å². The number of alkyl halides is 2. The van der Waals surface area contributed by atoms with Crippen molar-refractivity contribution in [3.63, 3.8) is 0 Å². The van der Waals surface area contributed by atoms with Gasteiger partial charge in [0.05, 0.1) is 12.2 Å². The SMILES string of the molecule is CC(=O)Nc1cc(-c2c(-c3ccc(F)cc3)nn3c2CN(C(F)F)CC3)ccn1. The van der Waals surface area contributed by atoms with E-state index in [1.807, 2.05) is 0 Å². The number of nitrogens with zero attached hydrogens (tertiary/aromatic N) is 4. The Bertz CT molecular complexity index is 1050. The molecule has 6 nitrogen and oxygen atoms in total. The van der Waals surface area contributed by atoms with Crippen LogP contribution in [0, 0.1) is 5.82 Å². The molecule has 150 valence electrons. The Balaban J connectivity index is 1.87. The maximum absolute atomic E-state index is 13.4. The number of fused-ring (bicyclic) bond motifs is 1. The van der Waals surface area contributed by atoms with Crippen LogP contribution in [0.5, 0.6) is 0 Å². The predicted octanol–water partition coefficient (Wildman–Crippen LogP) is 3.75. The fourth-order valence-corrected chi connectivity index (χ4v) is 3.45. The maximum Gasteiger partial charge on any atom is 0.295 e. The number of carbonyl (C=O) groups excluding carboxylic acids is 1. The van der Waals surface area contributed by atoms with Gasteiger partial charge in [0.1, 0.15) is 17.3 Å². The van der Waals surface area contributed by atoms with E-state index < -0.39 is 6.55 Å². The molecule has 0 fully saturated rings. The van der Waals surface area contributed by atoms with E-state index in [1.165, 1.54) is 25.3 Å². The van der Waals surface area contributed by atoms with Gasteiger partial charge in [0, 0.05) is 37.3 Å². The number of amides is 1. The molecule has 0 atom stereocenters. The summed E-state index contributed by atoms with van der Waals surface area (Å²) in [6, 6.07) is 9.28. The lowest BCUT2D eigenvalue weighted by Crippen LogP contribution is -2.37. The fraction of sp³-hybridized carbons (Fsp3) is 0.250. The van der Waals surface area contributed by atoms with Gasteiger partial charge in [0.15, 0.2) is 0 Å². The summed E-state index contributed by atoms with van der Waals surface area (Å²) in [4.78, 5) is 16.6. The van der Waals surface area contributed by atoms with Crippen molar-refractivity contribution < 1.29 is 18.0 Å². The molecule has 29 heavy (non-hydrogen) atoms. The van der Waals surface area contributed by atoms with Crippen LogP contribution < -0.4 is 5.32 Å². The molecule has 0 aliphatic carbocycles. The minimum absolute atomic E-state index is 0.0268. The molecular formula is C20H18F3N5O. The Hall–Kier alpha value is -3.20. The van der Waals surface area contributed by atoms with Crippen molar-refractivity contribution in [1.82, 2.24) is 19.7 Å². The molecule has 1 N–H and O–H groups in total. The van der Waals surface area contributed by atoms with Crippen molar-refractivity contribution in [1.29, 1.82) is 0 Å². The summed E-state index contributed by atoms with van der Waals surface area (Å²) in [5, 5.41) is 7.25. The van der Waals surface area contributed by atoms with Crippen LogP contribution >= 0.6 is 0 Å². The van der Waals surface area contributed by atoms with E-state index in [0.29, 0.717) is 40.4 Å². The number of aromatic nitrogens is 3. The molecule has 1 aliphatic rings. The van der Waals surface area contributed by atoms with E-state index in [-0.39, 0.29) is 24.8 Å². The van der Waals surface area contributed by atoms with Gasteiger partial charge in [-0.1, -0.05) is 0 Å². The monoisotopic (exact) mass is 401 g/mol. The molecule has 9 heteroatoms. The topological polar surface area (TPSA) is 63.1 Å². The van der Waals surface area contributed by atoms with E-state index in [4.69, 9.17) is 0 Å². The molecule has 0 unspecified atom stereocenters. The van der Waals surface area contributed by atoms with Gasteiger partial charge in [-0.2, -0.15) is 13.9 Å². The average molecular weight is 401 g/mol. The number of anilines is 1. The van der Waals surface area contributed by atoms with E-state index in [0.717, 1.165) is 4.90 Å². The van der Waals surface area contributed by atoms with Crippen LogP contribution in [0.4, 0.5) is 19.0 Å². The molecule has 0 radical (unpaired) electrons. The van der Waals surface area contributed by atoms with Crippen molar-refractivity contribution >= 4 is 11.7 Å². The van der Waals surface area contributed by atoms with Crippen LogP contribution in [0.1, 0.15) is 12.6 Å². The molecule has 0 saturated heterocycles. The van der Waals surface area contributed by atoms with Crippen LogP contribution in [0.25, 0.3) is 22.4 Å². The van der Waals surface area contributed by atoms with Gasteiger partial charge in [-0.15, -0.1) is 0 Å². The molecule has 0 saturated carbocycles. The Morgan fingerprint density at radius 3 is 2.59 bits per heavy atom. The molecule has 0 bridgehead atoms. The number of pyridine rings is 1. The van der Waals surface area contributed by atoms with Gasteiger partial charge in [-0.25, -0.2) is 14.3 Å². The molecule has 3 heterocycles. The highest BCUT2D eigenvalue weighted by molar-refractivity contribution is 5.89. The molecule has 0 spiro atoms. The zero-order valence-corrected chi connectivity index (χ0v) is 15.6. The van der Waals surface area contributed by atoms with Crippen LogP contribution in [0.2, 0.25) is 0 Å². The highest BCUT2D eigenvalue weighted by Gasteiger charge is 2.29. The zero-order chi connectivity index (χ0) is 20.5. The lowest BCUT2D eigenvalue weighted by atomic mass is 9.98. The summed E-state index contributed by atoms with van der Waals surface area (Å²) in [7, 11) is 0.